The highest BCUT2D eigenvalue weighted by atomic mass is 28.4. The summed E-state index contributed by atoms with van der Waals surface area (Å²) < 4.78 is 11.9. The van der Waals surface area contributed by atoms with Crippen LogP contribution in [-0.4, -0.2) is 21.3 Å². The van der Waals surface area contributed by atoms with Crippen molar-refractivity contribution >= 4 is 8.56 Å². The van der Waals surface area contributed by atoms with Crippen LogP contribution in [0.3, 0.4) is 0 Å². The Bertz CT molecular complexity index is 160. The first-order chi connectivity index (χ1) is 7.52. The van der Waals surface area contributed by atoms with E-state index in [-0.39, 0.29) is 0 Å². The molecule has 16 heavy (non-hydrogen) atoms. The van der Waals surface area contributed by atoms with Crippen molar-refractivity contribution in [3.8, 4) is 0 Å². The number of rotatable bonds is 10. The minimum Gasteiger partial charge on any atom is -0.395 e. The third-order valence-electron chi connectivity index (χ3n) is 2.65. The zero-order valence-electron chi connectivity index (χ0n) is 11.8. The summed E-state index contributed by atoms with van der Waals surface area (Å²) in [6.45, 7) is 11.8. The van der Waals surface area contributed by atoms with E-state index in [1.54, 1.807) is 0 Å². The van der Waals surface area contributed by atoms with Gasteiger partial charge in [0.05, 0.1) is 0 Å². The molecular weight excluding hydrogens is 216 g/mol. The van der Waals surface area contributed by atoms with Gasteiger partial charge in [0.2, 0.25) is 0 Å². The van der Waals surface area contributed by atoms with Gasteiger partial charge in [0.1, 0.15) is 0 Å². The normalized spacial score (nSPS) is 14.1. The maximum atomic E-state index is 6.05. The Balaban J connectivity index is 3.67. The molecule has 1 unspecified atom stereocenters. The van der Waals surface area contributed by atoms with E-state index in [2.05, 4.69) is 33.9 Å². The Morgan fingerprint density at radius 1 is 1.00 bits per heavy atom. The van der Waals surface area contributed by atoms with Crippen molar-refractivity contribution in [2.75, 3.05) is 6.61 Å². The highest BCUT2D eigenvalue weighted by Gasteiger charge is 2.26. The predicted octanol–water partition coefficient (Wildman–Crippen LogP) is 4.49. The molecule has 0 aromatic heterocycles. The third-order valence-corrected chi connectivity index (χ3v) is 4.52. The average molecular weight is 246 g/mol. The SMILES string of the molecule is CCCCCC(C)O[Si](C)(C)OCCCC. The maximum Gasteiger partial charge on any atom is 0.331 e. The molecule has 0 radical (unpaired) electrons. The number of unbranched alkanes of at least 4 members (excludes halogenated alkanes) is 3. The molecule has 0 aliphatic carbocycles. The first-order valence-electron chi connectivity index (χ1n) is 6.83. The molecule has 0 bridgehead atoms. The van der Waals surface area contributed by atoms with Crippen LogP contribution in [0.5, 0.6) is 0 Å². The molecule has 3 heteroatoms. The van der Waals surface area contributed by atoms with Crippen molar-refractivity contribution in [3.63, 3.8) is 0 Å². The Kier molecular flexibility index (Phi) is 9.28. The molecule has 0 rings (SSSR count). The Labute approximate surface area is 103 Å². The molecule has 0 amide bonds. The zero-order valence-corrected chi connectivity index (χ0v) is 12.8. The Hall–Kier alpha value is 0.137. The maximum absolute atomic E-state index is 6.05. The van der Waals surface area contributed by atoms with Crippen molar-refractivity contribution in [2.45, 2.75) is 78.5 Å². The molecule has 0 saturated heterocycles. The minimum absolute atomic E-state index is 0.356. The monoisotopic (exact) mass is 246 g/mol. The lowest BCUT2D eigenvalue weighted by molar-refractivity contribution is 0.122. The molecule has 0 aliphatic heterocycles. The summed E-state index contributed by atoms with van der Waals surface area (Å²) in [6.07, 6.45) is 7.72. The van der Waals surface area contributed by atoms with Gasteiger partial charge in [-0.3, -0.25) is 0 Å². The average Bonchev–Trinajstić information content (AvgIpc) is 2.17. The Morgan fingerprint density at radius 2 is 1.62 bits per heavy atom. The third kappa shape index (κ3) is 9.37. The quantitative estimate of drug-likeness (QED) is 0.418. The largest absolute Gasteiger partial charge is 0.395 e. The van der Waals surface area contributed by atoms with Gasteiger partial charge in [-0.1, -0.05) is 39.5 Å². The highest BCUT2D eigenvalue weighted by molar-refractivity contribution is 6.64. The van der Waals surface area contributed by atoms with E-state index in [1.165, 1.54) is 32.1 Å². The summed E-state index contributed by atoms with van der Waals surface area (Å²) in [4.78, 5) is 0. The molecular formula is C13H30O2Si. The van der Waals surface area contributed by atoms with E-state index in [9.17, 15) is 0 Å². The lowest BCUT2D eigenvalue weighted by Crippen LogP contribution is -2.38. The second kappa shape index (κ2) is 9.20. The lowest BCUT2D eigenvalue weighted by atomic mass is 10.1. The van der Waals surface area contributed by atoms with Gasteiger partial charge >= 0.3 is 8.56 Å². The van der Waals surface area contributed by atoms with Crippen LogP contribution in [0.25, 0.3) is 0 Å². The van der Waals surface area contributed by atoms with Gasteiger partial charge in [-0.05, 0) is 32.9 Å². The summed E-state index contributed by atoms with van der Waals surface area (Å²) in [5, 5.41) is 0. The van der Waals surface area contributed by atoms with Gasteiger partial charge in [0.25, 0.3) is 0 Å². The van der Waals surface area contributed by atoms with Crippen molar-refractivity contribution in [2.24, 2.45) is 0 Å². The molecule has 0 aromatic rings. The van der Waals surface area contributed by atoms with E-state index in [0.717, 1.165) is 13.0 Å². The first kappa shape index (κ1) is 16.1. The molecule has 0 fully saturated rings. The summed E-state index contributed by atoms with van der Waals surface area (Å²) in [5.74, 6) is 0. The first-order valence-corrected chi connectivity index (χ1v) is 9.65. The predicted molar refractivity (Wildman–Crippen MR) is 73.0 cm³/mol. The molecule has 0 heterocycles. The second-order valence-corrected chi connectivity index (χ2v) is 8.35. The van der Waals surface area contributed by atoms with Crippen LogP contribution in [0.1, 0.15) is 59.3 Å². The molecule has 1 atom stereocenters. The van der Waals surface area contributed by atoms with Crippen molar-refractivity contribution in [1.29, 1.82) is 0 Å². The summed E-state index contributed by atoms with van der Waals surface area (Å²) in [5.41, 5.74) is 0. The fraction of sp³-hybridized carbons (Fsp3) is 1.00. The fourth-order valence-electron chi connectivity index (χ4n) is 1.72. The topological polar surface area (TPSA) is 18.5 Å². The number of hydrogen-bond donors (Lipinski definition) is 0. The smallest absolute Gasteiger partial charge is 0.331 e. The van der Waals surface area contributed by atoms with Crippen molar-refractivity contribution in [1.82, 2.24) is 0 Å². The molecule has 0 aromatic carbocycles. The van der Waals surface area contributed by atoms with Crippen LogP contribution >= 0.6 is 0 Å². The van der Waals surface area contributed by atoms with Crippen LogP contribution in [-0.2, 0) is 8.85 Å². The van der Waals surface area contributed by atoms with Crippen LogP contribution in [0.15, 0.2) is 0 Å². The van der Waals surface area contributed by atoms with Gasteiger partial charge in [-0.2, -0.15) is 0 Å². The molecule has 0 N–H and O–H groups in total. The molecule has 2 nitrogen and oxygen atoms in total. The summed E-state index contributed by atoms with van der Waals surface area (Å²) >= 11 is 0. The van der Waals surface area contributed by atoms with Gasteiger partial charge in [-0.15, -0.1) is 0 Å². The lowest BCUT2D eigenvalue weighted by Gasteiger charge is -2.27. The van der Waals surface area contributed by atoms with Crippen LogP contribution in [0.2, 0.25) is 13.1 Å². The van der Waals surface area contributed by atoms with Crippen LogP contribution < -0.4 is 0 Å². The van der Waals surface area contributed by atoms with Crippen molar-refractivity contribution < 1.29 is 8.85 Å². The number of hydrogen-bond acceptors (Lipinski definition) is 2. The van der Waals surface area contributed by atoms with E-state index in [1.807, 2.05) is 0 Å². The van der Waals surface area contributed by atoms with Gasteiger partial charge in [-0.25, -0.2) is 0 Å². The summed E-state index contributed by atoms with van der Waals surface area (Å²) in [7, 11) is -1.86. The van der Waals surface area contributed by atoms with E-state index >= 15 is 0 Å². The molecule has 0 saturated carbocycles. The standard InChI is InChI=1S/C13H30O2Si/c1-6-8-10-11-13(3)15-16(4,5)14-12-9-7-2/h13H,6-12H2,1-5H3. The van der Waals surface area contributed by atoms with Crippen molar-refractivity contribution in [3.05, 3.63) is 0 Å². The Morgan fingerprint density at radius 3 is 2.19 bits per heavy atom. The van der Waals surface area contributed by atoms with Gasteiger partial charge in [0.15, 0.2) is 0 Å². The fourth-order valence-corrected chi connectivity index (χ4v) is 3.51. The van der Waals surface area contributed by atoms with Gasteiger partial charge in [0, 0.05) is 12.7 Å². The molecule has 0 aliphatic rings. The van der Waals surface area contributed by atoms with E-state index in [0.29, 0.717) is 6.10 Å². The second-order valence-electron chi connectivity index (χ2n) is 5.03. The van der Waals surface area contributed by atoms with Crippen LogP contribution in [0.4, 0.5) is 0 Å². The van der Waals surface area contributed by atoms with E-state index in [4.69, 9.17) is 8.85 Å². The van der Waals surface area contributed by atoms with Gasteiger partial charge < -0.3 is 8.85 Å². The minimum atomic E-state index is -1.86. The molecule has 0 spiro atoms. The zero-order chi connectivity index (χ0) is 12.4. The van der Waals surface area contributed by atoms with Crippen LogP contribution in [0, 0.1) is 0 Å². The summed E-state index contributed by atoms with van der Waals surface area (Å²) in [6, 6.07) is 0. The highest BCUT2D eigenvalue weighted by Crippen LogP contribution is 2.14. The molecule has 98 valence electrons. The van der Waals surface area contributed by atoms with E-state index < -0.39 is 8.56 Å².